The first-order valence-electron chi connectivity index (χ1n) is 17.3. The third kappa shape index (κ3) is 9.17. The molecule has 0 aliphatic heterocycles. The molecule has 1 fully saturated rings. The number of ether oxygens (including phenoxy) is 1. The van der Waals surface area contributed by atoms with Gasteiger partial charge in [-0.2, -0.15) is 0 Å². The van der Waals surface area contributed by atoms with Gasteiger partial charge in [-0.25, -0.2) is 4.79 Å². The van der Waals surface area contributed by atoms with Crippen molar-refractivity contribution in [2.45, 2.75) is 98.0 Å². The summed E-state index contributed by atoms with van der Waals surface area (Å²) in [5.74, 6) is 0.495. The number of rotatable bonds is 8. The van der Waals surface area contributed by atoms with Crippen molar-refractivity contribution in [3.8, 4) is 11.1 Å². The Labute approximate surface area is 292 Å². The van der Waals surface area contributed by atoms with Crippen molar-refractivity contribution in [3.63, 3.8) is 0 Å². The summed E-state index contributed by atoms with van der Waals surface area (Å²) in [6.45, 7) is 14.7. The molecule has 1 aliphatic carbocycles. The van der Waals surface area contributed by atoms with Crippen LogP contribution in [0.4, 0.5) is 5.69 Å². The lowest BCUT2D eigenvalue weighted by Crippen LogP contribution is -2.25. The summed E-state index contributed by atoms with van der Waals surface area (Å²) in [6, 6.07) is 30.0. The zero-order chi connectivity index (χ0) is 34.6. The molecule has 1 atom stereocenters. The molecule has 1 N–H and O–H groups in total. The Hall–Kier alpha value is -3.89. The molecule has 0 saturated heterocycles. The van der Waals surface area contributed by atoms with Crippen molar-refractivity contribution in [1.29, 1.82) is 0 Å². The number of nitrogens with one attached hydrogen (secondary N) is 1. The van der Waals surface area contributed by atoms with Crippen LogP contribution in [-0.4, -0.2) is 17.5 Å². The molecule has 5 heteroatoms. The van der Waals surface area contributed by atoms with Crippen LogP contribution in [0.2, 0.25) is 5.02 Å². The predicted octanol–water partition coefficient (Wildman–Crippen LogP) is 11.6. The normalized spacial score (nSPS) is 17.4. The molecule has 0 bridgehead atoms. The molecule has 0 heterocycles. The summed E-state index contributed by atoms with van der Waals surface area (Å²) < 4.78 is 5.54. The highest BCUT2D eigenvalue weighted by atomic mass is 35.5. The highest BCUT2D eigenvalue weighted by molar-refractivity contribution is 6.30. The molecule has 48 heavy (non-hydrogen) atoms. The zero-order valence-electron chi connectivity index (χ0n) is 29.5. The van der Waals surface area contributed by atoms with E-state index in [-0.39, 0.29) is 11.9 Å². The van der Waals surface area contributed by atoms with Gasteiger partial charge in [0.1, 0.15) is 5.60 Å². The highest BCUT2D eigenvalue weighted by Gasteiger charge is 2.30. The van der Waals surface area contributed by atoms with Crippen molar-refractivity contribution in [1.82, 2.24) is 0 Å². The maximum atomic E-state index is 14.0. The first-order chi connectivity index (χ1) is 22.7. The third-order valence-corrected chi connectivity index (χ3v) is 9.99. The molecule has 4 nitrogen and oxygen atoms in total. The number of benzene rings is 4. The maximum Gasteiger partial charge on any atom is 0.338 e. The molecular weight excluding hydrogens is 614 g/mol. The van der Waals surface area contributed by atoms with E-state index in [1.807, 2.05) is 82.3 Å². The van der Waals surface area contributed by atoms with Crippen LogP contribution in [0.3, 0.4) is 0 Å². The Balaban J connectivity index is 1.35. The summed E-state index contributed by atoms with van der Waals surface area (Å²) in [4.78, 5) is 26.6. The monoisotopic (exact) mass is 663 g/mol. The second-order valence-electron chi connectivity index (χ2n) is 15.6. The fraction of sp³-hybridized carbons (Fsp3) is 0.395. The molecule has 4 aromatic carbocycles. The smallest absolute Gasteiger partial charge is 0.338 e. The minimum absolute atomic E-state index is 0.0694. The molecule has 1 amide bonds. The number of esters is 1. The number of carbonyl (C=O) groups is 2. The van der Waals surface area contributed by atoms with Crippen molar-refractivity contribution >= 4 is 29.2 Å². The summed E-state index contributed by atoms with van der Waals surface area (Å²) in [6.07, 6.45) is 5.44. The minimum Gasteiger partial charge on any atom is -0.456 e. The zero-order valence-corrected chi connectivity index (χ0v) is 30.3. The highest BCUT2D eigenvalue weighted by Crippen LogP contribution is 2.43. The minimum atomic E-state index is -0.567. The van der Waals surface area contributed by atoms with Crippen LogP contribution in [0.25, 0.3) is 11.1 Å². The van der Waals surface area contributed by atoms with Gasteiger partial charge in [-0.15, -0.1) is 0 Å². The van der Waals surface area contributed by atoms with Gasteiger partial charge >= 0.3 is 5.97 Å². The molecule has 5 rings (SSSR count). The lowest BCUT2D eigenvalue weighted by atomic mass is 9.68. The second-order valence-corrected chi connectivity index (χ2v) is 16.0. The SMILES string of the molecule is Cc1cc(Cl)ccc1-c1ccc(NC(=O)C(Cc2ccc(C(=O)OC(C)(C)C)cc2)c2ccc(C3CCC(C(C)(C)C)CC3)cc2)cc1. The summed E-state index contributed by atoms with van der Waals surface area (Å²) in [5.41, 5.74) is 7.61. The van der Waals surface area contributed by atoms with E-state index < -0.39 is 11.5 Å². The van der Waals surface area contributed by atoms with E-state index >= 15 is 0 Å². The summed E-state index contributed by atoms with van der Waals surface area (Å²) in [7, 11) is 0. The van der Waals surface area contributed by atoms with Crippen molar-refractivity contribution in [2.75, 3.05) is 5.32 Å². The first-order valence-corrected chi connectivity index (χ1v) is 17.6. The van der Waals surface area contributed by atoms with Crippen LogP contribution in [0.1, 0.15) is 112 Å². The molecule has 0 radical (unpaired) electrons. The molecular formula is C43H50ClNO3. The Bertz CT molecular complexity index is 1700. The van der Waals surface area contributed by atoms with Crippen LogP contribution >= 0.6 is 11.6 Å². The number of hydrogen-bond donors (Lipinski definition) is 1. The largest absolute Gasteiger partial charge is 0.456 e. The Kier molecular flexibility index (Phi) is 10.8. The Morgan fingerprint density at radius 2 is 1.44 bits per heavy atom. The third-order valence-electron chi connectivity index (χ3n) is 9.76. The molecule has 0 spiro atoms. The molecule has 4 aromatic rings. The summed E-state index contributed by atoms with van der Waals surface area (Å²) in [5, 5.41) is 3.90. The first kappa shape index (κ1) is 35.4. The van der Waals surface area contributed by atoms with Gasteiger partial charge in [-0.05, 0) is 147 Å². The van der Waals surface area contributed by atoms with Crippen molar-refractivity contribution in [3.05, 3.63) is 124 Å². The number of anilines is 1. The maximum absolute atomic E-state index is 14.0. The van der Waals surface area contributed by atoms with Crippen LogP contribution in [0.15, 0.2) is 91.0 Å². The molecule has 0 aromatic heterocycles. The second kappa shape index (κ2) is 14.7. The van der Waals surface area contributed by atoms with E-state index in [1.54, 1.807) is 12.1 Å². The van der Waals surface area contributed by atoms with Gasteiger partial charge in [0.15, 0.2) is 0 Å². The van der Waals surface area contributed by atoms with Crippen molar-refractivity contribution in [2.24, 2.45) is 11.3 Å². The van der Waals surface area contributed by atoms with Crippen LogP contribution in [0, 0.1) is 18.3 Å². The fourth-order valence-electron chi connectivity index (χ4n) is 6.92. The topological polar surface area (TPSA) is 55.4 Å². The van der Waals surface area contributed by atoms with Gasteiger partial charge in [0.2, 0.25) is 5.91 Å². The number of halogens is 1. The average Bonchev–Trinajstić information content (AvgIpc) is 3.03. The number of aryl methyl sites for hydroxylation is 1. The summed E-state index contributed by atoms with van der Waals surface area (Å²) >= 11 is 6.17. The van der Waals surface area contributed by atoms with Gasteiger partial charge in [-0.3, -0.25) is 4.79 Å². The van der Waals surface area contributed by atoms with Gasteiger partial charge in [0.25, 0.3) is 0 Å². The van der Waals surface area contributed by atoms with Gasteiger partial charge in [-0.1, -0.05) is 87.0 Å². The molecule has 1 aliphatic rings. The quantitative estimate of drug-likeness (QED) is 0.191. The molecule has 1 unspecified atom stereocenters. The van der Waals surface area contributed by atoms with Crippen molar-refractivity contribution < 1.29 is 14.3 Å². The lowest BCUT2D eigenvalue weighted by Gasteiger charge is -2.37. The molecule has 1 saturated carbocycles. The Morgan fingerprint density at radius 3 is 2.00 bits per heavy atom. The van der Waals surface area contributed by atoms with E-state index in [1.165, 1.54) is 31.2 Å². The van der Waals surface area contributed by atoms with E-state index in [9.17, 15) is 9.59 Å². The van der Waals surface area contributed by atoms with Crippen LogP contribution in [-0.2, 0) is 16.0 Å². The number of carbonyl (C=O) groups excluding carboxylic acids is 2. The van der Waals surface area contributed by atoms with Crippen LogP contribution < -0.4 is 5.32 Å². The lowest BCUT2D eigenvalue weighted by molar-refractivity contribution is -0.117. The predicted molar refractivity (Wildman–Crippen MR) is 199 cm³/mol. The average molecular weight is 664 g/mol. The van der Waals surface area contributed by atoms with Crippen LogP contribution in [0.5, 0.6) is 0 Å². The standard InChI is InChI=1S/C43H50ClNO3/c1-28-26-36(44)22-25-38(28)32-18-23-37(24-19-32)45-40(46)39(27-29-8-10-34(11-9-29)41(47)48-43(5,6)7)33-14-12-30(13-15-33)31-16-20-35(21-17-31)42(2,3)4/h8-15,18-19,22-26,31,35,39H,16-17,20-21,27H2,1-7H3,(H,45,46). The van der Waals surface area contributed by atoms with E-state index in [0.29, 0.717) is 28.3 Å². The fourth-order valence-corrected chi connectivity index (χ4v) is 7.14. The van der Waals surface area contributed by atoms with Gasteiger partial charge < -0.3 is 10.1 Å². The van der Waals surface area contributed by atoms with Gasteiger partial charge in [0, 0.05) is 10.7 Å². The van der Waals surface area contributed by atoms with E-state index in [0.717, 1.165) is 39.4 Å². The van der Waals surface area contributed by atoms with Gasteiger partial charge in [0.05, 0.1) is 11.5 Å². The Morgan fingerprint density at radius 1 is 0.812 bits per heavy atom. The number of amides is 1. The number of hydrogen-bond acceptors (Lipinski definition) is 3. The van der Waals surface area contributed by atoms with E-state index in [4.69, 9.17) is 16.3 Å². The molecule has 252 valence electrons. The van der Waals surface area contributed by atoms with E-state index in [2.05, 4.69) is 50.4 Å².